The Labute approximate surface area is 208 Å². The Morgan fingerprint density at radius 3 is 2.27 bits per heavy atom. The maximum atomic E-state index is 12.8. The first kappa shape index (κ1) is 26.7. The van der Waals surface area contributed by atoms with E-state index in [1.54, 1.807) is 6.92 Å². The van der Waals surface area contributed by atoms with Gasteiger partial charge >= 0.3 is 0 Å². The van der Waals surface area contributed by atoms with Crippen LogP contribution in [0.5, 0.6) is 0 Å². The van der Waals surface area contributed by atoms with Crippen molar-refractivity contribution in [1.29, 1.82) is 0 Å². The van der Waals surface area contributed by atoms with Gasteiger partial charge in [0.1, 0.15) is 11.5 Å². The molecular weight excluding hydrogens is 485 g/mol. The van der Waals surface area contributed by atoms with Crippen LogP contribution >= 0.6 is 23.2 Å². The van der Waals surface area contributed by atoms with Gasteiger partial charge in [-0.15, -0.1) is 0 Å². The van der Waals surface area contributed by atoms with E-state index in [1.165, 1.54) is 49.4 Å². The number of ether oxygens (including phenoxy) is 1. The predicted molar refractivity (Wildman–Crippen MR) is 131 cm³/mol. The second kappa shape index (κ2) is 11.7. The van der Waals surface area contributed by atoms with Crippen LogP contribution < -0.4 is 0 Å². The van der Waals surface area contributed by atoms with Crippen molar-refractivity contribution in [3.63, 3.8) is 0 Å². The number of sulfonamides is 1. The average Bonchev–Trinajstić information content (AvgIpc) is 2.80. The number of carbonyl (C=O) groups is 1. The van der Waals surface area contributed by atoms with Gasteiger partial charge in [0, 0.05) is 31.7 Å². The van der Waals surface area contributed by atoms with Gasteiger partial charge in [-0.2, -0.15) is 4.31 Å². The number of benzene rings is 1. The van der Waals surface area contributed by atoms with Gasteiger partial charge in [0.05, 0.1) is 11.6 Å². The first-order chi connectivity index (χ1) is 15.6. The molecule has 0 atom stereocenters. The fourth-order valence-corrected chi connectivity index (χ4v) is 6.62. The molecule has 0 N–H and O–H groups in total. The first-order valence-corrected chi connectivity index (χ1v) is 13.8. The molecule has 1 amide bonds. The van der Waals surface area contributed by atoms with Crippen molar-refractivity contribution in [2.45, 2.75) is 37.5 Å². The van der Waals surface area contributed by atoms with Gasteiger partial charge in [0.15, 0.2) is 0 Å². The summed E-state index contributed by atoms with van der Waals surface area (Å²) >= 11 is 12.2. The molecule has 0 bridgehead atoms. The van der Waals surface area contributed by atoms with Gasteiger partial charge in [-0.1, -0.05) is 23.2 Å². The topological polar surface area (TPSA) is 70.2 Å². The van der Waals surface area contributed by atoms with E-state index in [4.69, 9.17) is 27.9 Å². The number of likely N-dealkylation sites (N-methyl/N-ethyl adjacent to an activating group) is 1. The maximum absolute atomic E-state index is 12.8. The SMILES string of the molecule is Cc1c(Cl)ccc(S(=O)(=O)N(C)CCOCC(=O)N2CCC(C3CCN(C)CC3)CC2)c1Cl. The molecule has 186 valence electrons. The summed E-state index contributed by atoms with van der Waals surface area (Å²) in [6.07, 6.45) is 4.63. The molecule has 3 rings (SSSR count). The molecule has 2 saturated heterocycles. The summed E-state index contributed by atoms with van der Waals surface area (Å²) in [5.41, 5.74) is 0.522. The Morgan fingerprint density at radius 2 is 1.67 bits per heavy atom. The summed E-state index contributed by atoms with van der Waals surface area (Å²) in [4.78, 5) is 16.8. The normalized spacial score (nSPS) is 19.4. The number of carbonyl (C=O) groups excluding carboxylic acids is 1. The highest BCUT2D eigenvalue weighted by Gasteiger charge is 2.30. The second-order valence-corrected chi connectivity index (χ2v) is 12.0. The third-order valence-electron chi connectivity index (χ3n) is 7.07. The van der Waals surface area contributed by atoms with Crippen molar-refractivity contribution in [3.8, 4) is 0 Å². The van der Waals surface area contributed by atoms with Gasteiger partial charge in [-0.25, -0.2) is 8.42 Å². The molecule has 0 aliphatic carbocycles. The monoisotopic (exact) mass is 519 g/mol. The van der Waals surface area contributed by atoms with Crippen LogP contribution in [0.3, 0.4) is 0 Å². The molecule has 1 aromatic carbocycles. The zero-order valence-corrected chi connectivity index (χ0v) is 22.1. The third-order valence-corrected chi connectivity index (χ3v) is 9.98. The first-order valence-electron chi connectivity index (χ1n) is 11.6. The molecule has 33 heavy (non-hydrogen) atoms. The molecule has 0 unspecified atom stereocenters. The highest BCUT2D eigenvalue weighted by atomic mass is 35.5. The predicted octanol–water partition coefficient (Wildman–Crippen LogP) is 3.52. The Hall–Kier alpha value is -0.900. The molecule has 7 nitrogen and oxygen atoms in total. The van der Waals surface area contributed by atoms with Crippen LogP contribution in [-0.2, 0) is 19.6 Å². The quantitative estimate of drug-likeness (QED) is 0.491. The number of hydrogen-bond donors (Lipinski definition) is 0. The maximum Gasteiger partial charge on any atom is 0.248 e. The number of amides is 1. The van der Waals surface area contributed by atoms with E-state index in [-0.39, 0.29) is 35.6 Å². The van der Waals surface area contributed by atoms with Gasteiger partial charge in [-0.05, 0) is 82.3 Å². The smallest absolute Gasteiger partial charge is 0.248 e. The van der Waals surface area contributed by atoms with Crippen LogP contribution in [0.4, 0.5) is 0 Å². The summed E-state index contributed by atoms with van der Waals surface area (Å²) in [6, 6.07) is 2.93. The lowest BCUT2D eigenvalue weighted by Crippen LogP contribution is -2.43. The Balaban J connectivity index is 1.40. The Bertz CT molecular complexity index is 928. The minimum atomic E-state index is -3.79. The molecule has 0 radical (unpaired) electrons. The molecule has 0 aromatic heterocycles. The minimum Gasteiger partial charge on any atom is -0.370 e. The second-order valence-electron chi connectivity index (χ2n) is 9.22. The van der Waals surface area contributed by atoms with Gasteiger partial charge in [-0.3, -0.25) is 4.79 Å². The molecule has 2 aliphatic rings. The van der Waals surface area contributed by atoms with E-state index in [2.05, 4.69) is 11.9 Å². The van der Waals surface area contributed by atoms with Crippen molar-refractivity contribution in [1.82, 2.24) is 14.1 Å². The standard InChI is InChI=1S/C23H35Cl2N3O4S/c1-17-20(24)4-5-21(23(17)25)33(30,31)27(3)14-15-32-16-22(29)28-12-8-19(9-13-28)18-6-10-26(2)11-7-18/h4-5,18-19H,6-16H2,1-3H3. The lowest BCUT2D eigenvalue weighted by molar-refractivity contribution is -0.137. The van der Waals surface area contributed by atoms with Crippen LogP contribution in [0, 0.1) is 18.8 Å². The molecular formula is C23H35Cl2N3O4S. The van der Waals surface area contributed by atoms with Crippen molar-refractivity contribution in [2.24, 2.45) is 11.8 Å². The number of halogens is 2. The van der Waals surface area contributed by atoms with E-state index in [0.717, 1.165) is 31.8 Å². The van der Waals surface area contributed by atoms with Crippen LogP contribution in [0.25, 0.3) is 0 Å². The number of hydrogen-bond acceptors (Lipinski definition) is 5. The van der Waals surface area contributed by atoms with Crippen molar-refractivity contribution >= 4 is 39.1 Å². The van der Waals surface area contributed by atoms with Crippen molar-refractivity contribution in [3.05, 3.63) is 27.7 Å². The van der Waals surface area contributed by atoms with Crippen molar-refractivity contribution in [2.75, 3.05) is 60.0 Å². The van der Waals surface area contributed by atoms with E-state index >= 15 is 0 Å². The number of likely N-dealkylation sites (tertiary alicyclic amines) is 2. The van der Waals surface area contributed by atoms with Crippen molar-refractivity contribution < 1.29 is 17.9 Å². The molecule has 1 aromatic rings. The highest BCUT2D eigenvalue weighted by molar-refractivity contribution is 7.89. The highest BCUT2D eigenvalue weighted by Crippen LogP contribution is 2.33. The van der Waals surface area contributed by atoms with E-state index < -0.39 is 10.0 Å². The van der Waals surface area contributed by atoms with Gasteiger partial charge in [0.2, 0.25) is 15.9 Å². The molecule has 0 spiro atoms. The largest absolute Gasteiger partial charge is 0.370 e. The fourth-order valence-electron chi connectivity index (χ4n) is 4.69. The number of nitrogens with zero attached hydrogens (tertiary/aromatic N) is 3. The van der Waals surface area contributed by atoms with Crippen LogP contribution in [0.15, 0.2) is 17.0 Å². The summed E-state index contributed by atoms with van der Waals surface area (Å²) in [5.74, 6) is 1.47. The molecule has 0 saturated carbocycles. The van der Waals surface area contributed by atoms with Gasteiger partial charge in [0.25, 0.3) is 0 Å². The zero-order chi connectivity index (χ0) is 24.2. The number of rotatable bonds is 8. The fraction of sp³-hybridized carbons (Fsp3) is 0.696. The average molecular weight is 521 g/mol. The Morgan fingerprint density at radius 1 is 1.09 bits per heavy atom. The summed E-state index contributed by atoms with van der Waals surface area (Å²) in [7, 11) is -0.140. The summed E-state index contributed by atoms with van der Waals surface area (Å²) in [5, 5.41) is 0.535. The van der Waals surface area contributed by atoms with Crippen LogP contribution in [0.2, 0.25) is 10.0 Å². The molecule has 2 heterocycles. The summed E-state index contributed by atoms with van der Waals surface area (Å²) < 4.78 is 32.4. The molecule has 2 fully saturated rings. The van der Waals surface area contributed by atoms with E-state index in [1.807, 2.05) is 4.90 Å². The zero-order valence-electron chi connectivity index (χ0n) is 19.7. The summed E-state index contributed by atoms with van der Waals surface area (Å²) in [6.45, 7) is 5.78. The van der Waals surface area contributed by atoms with Crippen LogP contribution in [0.1, 0.15) is 31.2 Å². The minimum absolute atomic E-state index is 0.0112. The number of piperidine rings is 2. The van der Waals surface area contributed by atoms with E-state index in [0.29, 0.717) is 16.5 Å². The molecule has 2 aliphatic heterocycles. The molecule has 10 heteroatoms. The lowest BCUT2D eigenvalue weighted by Gasteiger charge is -2.39. The third kappa shape index (κ3) is 6.61. The lowest BCUT2D eigenvalue weighted by atomic mass is 9.79. The van der Waals surface area contributed by atoms with Crippen LogP contribution in [-0.4, -0.2) is 88.5 Å². The Kier molecular flexibility index (Phi) is 9.46. The van der Waals surface area contributed by atoms with E-state index in [9.17, 15) is 13.2 Å². The van der Waals surface area contributed by atoms with Gasteiger partial charge < -0.3 is 14.5 Å².